The van der Waals surface area contributed by atoms with Gasteiger partial charge in [0.2, 0.25) is 0 Å². The highest BCUT2D eigenvalue weighted by Crippen LogP contribution is 2.32. The molecule has 0 saturated carbocycles. The number of rotatable bonds is 3. The Morgan fingerprint density at radius 1 is 0.905 bits per heavy atom. The molecule has 0 amide bonds. The van der Waals surface area contributed by atoms with Gasteiger partial charge in [0.15, 0.2) is 0 Å². The van der Waals surface area contributed by atoms with Crippen molar-refractivity contribution < 1.29 is 22.0 Å². The Labute approximate surface area is 118 Å². The van der Waals surface area contributed by atoms with Crippen molar-refractivity contribution in [2.24, 2.45) is 0 Å². The molecule has 2 aromatic rings. The molecule has 1 nitrogen and oxygen atoms in total. The average Bonchev–Trinajstić information content (AvgIpc) is 2.42. The molecule has 112 valence electrons. The van der Waals surface area contributed by atoms with E-state index in [2.05, 4.69) is 5.32 Å². The fraction of sp³-hybridized carbons (Fsp3) is 0.200. The first-order chi connectivity index (χ1) is 9.84. The van der Waals surface area contributed by atoms with Crippen molar-refractivity contribution in [1.82, 2.24) is 5.32 Å². The van der Waals surface area contributed by atoms with Gasteiger partial charge < -0.3 is 5.32 Å². The first-order valence-electron chi connectivity index (χ1n) is 6.13. The maximum Gasteiger partial charge on any atom is 0.416 e. The third kappa shape index (κ3) is 3.21. The largest absolute Gasteiger partial charge is 0.416 e. The molecule has 21 heavy (non-hydrogen) atoms. The molecule has 0 radical (unpaired) electrons. The number of halogens is 5. The Kier molecular flexibility index (Phi) is 4.27. The lowest BCUT2D eigenvalue weighted by atomic mass is 9.97. The van der Waals surface area contributed by atoms with Crippen LogP contribution in [0, 0.1) is 11.6 Å². The molecule has 6 heteroatoms. The molecule has 0 heterocycles. The second-order valence-corrected chi connectivity index (χ2v) is 4.48. The van der Waals surface area contributed by atoms with Crippen LogP contribution in [0.15, 0.2) is 42.5 Å². The van der Waals surface area contributed by atoms with Gasteiger partial charge in [-0.2, -0.15) is 13.2 Å². The van der Waals surface area contributed by atoms with E-state index in [0.29, 0.717) is 5.56 Å². The fourth-order valence-corrected chi connectivity index (χ4v) is 2.13. The average molecular weight is 301 g/mol. The topological polar surface area (TPSA) is 12.0 Å². The van der Waals surface area contributed by atoms with Crippen LogP contribution in [0.4, 0.5) is 22.0 Å². The summed E-state index contributed by atoms with van der Waals surface area (Å²) in [6, 6.07) is 6.75. The Morgan fingerprint density at radius 2 is 1.43 bits per heavy atom. The third-order valence-electron chi connectivity index (χ3n) is 3.15. The highest BCUT2D eigenvalue weighted by molar-refractivity contribution is 5.35. The molecule has 2 aromatic carbocycles. The molecule has 0 fully saturated rings. The van der Waals surface area contributed by atoms with Gasteiger partial charge in [0.05, 0.1) is 11.6 Å². The lowest BCUT2D eigenvalue weighted by molar-refractivity contribution is -0.137. The highest BCUT2D eigenvalue weighted by atomic mass is 19.4. The summed E-state index contributed by atoms with van der Waals surface area (Å²) in [7, 11) is 1.48. The van der Waals surface area contributed by atoms with E-state index >= 15 is 0 Å². The lowest BCUT2D eigenvalue weighted by Crippen LogP contribution is -2.20. The van der Waals surface area contributed by atoms with Crippen molar-refractivity contribution in [1.29, 1.82) is 0 Å². The number of hydrogen-bond donors (Lipinski definition) is 1. The third-order valence-corrected chi connectivity index (χ3v) is 3.15. The molecule has 0 aliphatic rings. The summed E-state index contributed by atoms with van der Waals surface area (Å²) in [6.45, 7) is 0. The molecule has 0 aliphatic heterocycles. The van der Waals surface area contributed by atoms with Crippen LogP contribution in [0.5, 0.6) is 0 Å². The number of nitrogens with one attached hydrogen (secondary N) is 1. The minimum absolute atomic E-state index is 0.222. The molecule has 1 unspecified atom stereocenters. The zero-order valence-corrected chi connectivity index (χ0v) is 11.0. The molecule has 0 aromatic heterocycles. The van der Waals surface area contributed by atoms with E-state index in [1.54, 1.807) is 0 Å². The van der Waals surface area contributed by atoms with Gasteiger partial charge in [0.25, 0.3) is 0 Å². The summed E-state index contributed by atoms with van der Waals surface area (Å²) in [5.74, 6) is -1.51. The molecule has 2 rings (SSSR count). The SMILES string of the molecule is CNC(c1ccc(C(F)(F)F)cc1)c1c(F)cccc1F. The van der Waals surface area contributed by atoms with Crippen LogP contribution in [0.1, 0.15) is 22.7 Å². The zero-order chi connectivity index (χ0) is 15.6. The molecule has 0 saturated heterocycles. The lowest BCUT2D eigenvalue weighted by Gasteiger charge is -2.19. The molecule has 1 N–H and O–H groups in total. The summed E-state index contributed by atoms with van der Waals surface area (Å²) in [6.07, 6.45) is -4.45. The normalized spacial score (nSPS) is 13.2. The summed E-state index contributed by atoms with van der Waals surface area (Å²) < 4.78 is 65.1. The van der Waals surface area contributed by atoms with Crippen LogP contribution in [-0.2, 0) is 6.18 Å². The van der Waals surface area contributed by atoms with Gasteiger partial charge in [-0.15, -0.1) is 0 Å². The van der Waals surface area contributed by atoms with Crippen LogP contribution in [0.3, 0.4) is 0 Å². The smallest absolute Gasteiger partial charge is 0.309 e. The summed E-state index contributed by atoms with van der Waals surface area (Å²) in [4.78, 5) is 0. The molecule has 0 spiro atoms. The van der Waals surface area contributed by atoms with Gasteiger partial charge >= 0.3 is 6.18 Å². The van der Waals surface area contributed by atoms with Crippen molar-refractivity contribution >= 4 is 0 Å². The summed E-state index contributed by atoms with van der Waals surface area (Å²) in [5, 5.41) is 2.71. The van der Waals surface area contributed by atoms with Crippen LogP contribution in [0.25, 0.3) is 0 Å². The van der Waals surface area contributed by atoms with E-state index in [4.69, 9.17) is 0 Å². The highest BCUT2D eigenvalue weighted by Gasteiger charge is 2.30. The molecule has 0 aliphatic carbocycles. The standard InChI is InChI=1S/C15H12F5N/c1-21-14(13-11(16)3-2-4-12(13)17)9-5-7-10(8-6-9)15(18,19)20/h2-8,14,21H,1H3. The maximum absolute atomic E-state index is 13.8. The predicted molar refractivity (Wildman–Crippen MR) is 68.7 cm³/mol. The number of alkyl halides is 3. The van der Waals surface area contributed by atoms with Crippen molar-refractivity contribution in [3.63, 3.8) is 0 Å². The minimum Gasteiger partial charge on any atom is -0.309 e. The predicted octanol–water partition coefficient (Wildman–Crippen LogP) is 4.29. The van der Waals surface area contributed by atoms with Gasteiger partial charge in [0.1, 0.15) is 11.6 Å². The van der Waals surface area contributed by atoms with E-state index in [-0.39, 0.29) is 5.56 Å². The summed E-state index contributed by atoms with van der Waals surface area (Å²) >= 11 is 0. The van der Waals surface area contributed by atoms with Crippen LogP contribution >= 0.6 is 0 Å². The van der Waals surface area contributed by atoms with Crippen LogP contribution < -0.4 is 5.32 Å². The first kappa shape index (κ1) is 15.4. The van der Waals surface area contributed by atoms with Crippen molar-refractivity contribution in [2.75, 3.05) is 7.05 Å². The number of benzene rings is 2. The molecule has 1 atom stereocenters. The van der Waals surface area contributed by atoms with Gasteiger partial charge in [-0.25, -0.2) is 8.78 Å². The van der Waals surface area contributed by atoms with Crippen molar-refractivity contribution in [2.45, 2.75) is 12.2 Å². The molecular weight excluding hydrogens is 289 g/mol. The summed E-state index contributed by atoms with van der Waals surface area (Å²) in [5.41, 5.74) is -0.690. The van der Waals surface area contributed by atoms with E-state index in [0.717, 1.165) is 24.3 Å². The van der Waals surface area contributed by atoms with Gasteiger partial charge in [0, 0.05) is 5.56 Å². The van der Waals surface area contributed by atoms with Gasteiger partial charge in [-0.3, -0.25) is 0 Å². The number of hydrogen-bond acceptors (Lipinski definition) is 1. The fourth-order valence-electron chi connectivity index (χ4n) is 2.13. The molecule has 0 bridgehead atoms. The van der Waals surface area contributed by atoms with E-state index in [1.807, 2.05) is 0 Å². The van der Waals surface area contributed by atoms with Gasteiger partial charge in [-0.1, -0.05) is 18.2 Å². The van der Waals surface area contributed by atoms with Gasteiger partial charge in [-0.05, 0) is 36.9 Å². The second kappa shape index (κ2) is 5.81. The van der Waals surface area contributed by atoms with E-state index < -0.39 is 29.4 Å². The Hall–Kier alpha value is -1.95. The van der Waals surface area contributed by atoms with Crippen LogP contribution in [0.2, 0.25) is 0 Å². The quantitative estimate of drug-likeness (QED) is 0.834. The first-order valence-corrected chi connectivity index (χ1v) is 6.13. The second-order valence-electron chi connectivity index (χ2n) is 4.48. The Balaban J connectivity index is 2.43. The Bertz CT molecular complexity index is 599. The minimum atomic E-state index is -4.45. The Morgan fingerprint density at radius 3 is 1.86 bits per heavy atom. The maximum atomic E-state index is 13.8. The van der Waals surface area contributed by atoms with E-state index in [9.17, 15) is 22.0 Å². The monoisotopic (exact) mass is 301 g/mol. The van der Waals surface area contributed by atoms with Crippen molar-refractivity contribution in [3.05, 3.63) is 70.8 Å². The van der Waals surface area contributed by atoms with E-state index in [1.165, 1.54) is 25.2 Å². The van der Waals surface area contributed by atoms with Crippen LogP contribution in [-0.4, -0.2) is 7.05 Å². The molecular formula is C15H12F5N. The zero-order valence-electron chi connectivity index (χ0n) is 11.0. The van der Waals surface area contributed by atoms with Crippen molar-refractivity contribution in [3.8, 4) is 0 Å².